The molecule has 6 nitrogen and oxygen atoms in total. The summed E-state index contributed by atoms with van der Waals surface area (Å²) >= 11 is 1.07. The molecule has 0 saturated heterocycles. The number of aromatic nitrogens is 4. The fraction of sp³-hybridized carbons (Fsp3) is 0.176. The van der Waals surface area contributed by atoms with E-state index in [0.717, 1.165) is 40.7 Å². The Morgan fingerprint density at radius 3 is 2.38 bits per heavy atom. The van der Waals surface area contributed by atoms with E-state index in [1.165, 1.54) is 6.07 Å². The second-order valence-corrected chi connectivity index (χ2v) is 6.49. The van der Waals surface area contributed by atoms with Crippen molar-refractivity contribution in [1.29, 1.82) is 0 Å². The van der Waals surface area contributed by atoms with Crippen molar-refractivity contribution in [2.75, 3.05) is 11.1 Å². The highest BCUT2D eigenvalue weighted by molar-refractivity contribution is 7.99. The lowest BCUT2D eigenvalue weighted by molar-refractivity contribution is -0.113. The smallest absolute Gasteiger partial charge is 0.235 e. The highest BCUT2D eigenvalue weighted by atomic mass is 32.2. The zero-order valence-electron chi connectivity index (χ0n) is 14.0. The second-order valence-electron chi connectivity index (χ2n) is 5.55. The monoisotopic (exact) mass is 375 g/mol. The molecule has 0 aliphatic carbocycles. The molecule has 0 saturated carbocycles. The van der Waals surface area contributed by atoms with Gasteiger partial charge in [0.2, 0.25) is 11.1 Å². The quantitative estimate of drug-likeness (QED) is 0.693. The van der Waals surface area contributed by atoms with Crippen LogP contribution in [0.15, 0.2) is 41.6 Å². The largest absolute Gasteiger partial charge is 0.320 e. The van der Waals surface area contributed by atoms with Crippen molar-refractivity contribution in [3.05, 3.63) is 59.2 Å². The fourth-order valence-electron chi connectivity index (χ4n) is 2.47. The van der Waals surface area contributed by atoms with E-state index in [2.05, 4.69) is 20.8 Å². The number of hydrogen-bond acceptors (Lipinski definition) is 5. The Labute approximate surface area is 152 Å². The maximum Gasteiger partial charge on any atom is 0.235 e. The molecule has 0 atom stereocenters. The number of para-hydroxylation sites is 2. The molecule has 0 spiro atoms. The van der Waals surface area contributed by atoms with E-state index in [1.54, 1.807) is 4.68 Å². The molecule has 1 aromatic heterocycles. The van der Waals surface area contributed by atoms with Crippen molar-refractivity contribution in [1.82, 2.24) is 20.2 Å². The fourth-order valence-corrected chi connectivity index (χ4v) is 3.15. The molecule has 1 amide bonds. The van der Waals surface area contributed by atoms with Gasteiger partial charge in [-0.15, -0.1) is 5.10 Å². The molecule has 1 N–H and O–H groups in total. The van der Waals surface area contributed by atoms with Crippen LogP contribution in [0.25, 0.3) is 5.69 Å². The lowest BCUT2D eigenvalue weighted by atomic mass is 10.1. The van der Waals surface area contributed by atoms with Crippen LogP contribution in [0.5, 0.6) is 0 Å². The molecule has 0 aliphatic rings. The van der Waals surface area contributed by atoms with Crippen molar-refractivity contribution < 1.29 is 13.6 Å². The predicted octanol–water partition coefficient (Wildman–Crippen LogP) is 3.29. The molecule has 26 heavy (non-hydrogen) atoms. The summed E-state index contributed by atoms with van der Waals surface area (Å²) in [4.78, 5) is 12.1. The minimum absolute atomic E-state index is 0.0981. The minimum Gasteiger partial charge on any atom is -0.320 e. The summed E-state index contributed by atoms with van der Waals surface area (Å²) in [6.45, 7) is 3.87. The molecular weight excluding hydrogens is 360 g/mol. The van der Waals surface area contributed by atoms with E-state index < -0.39 is 23.2 Å². The summed E-state index contributed by atoms with van der Waals surface area (Å²) < 4.78 is 28.7. The SMILES string of the molecule is Cc1cccc(C)c1-n1nnnc1SCC(=O)Nc1c(F)cccc1F. The number of halogens is 2. The maximum atomic E-state index is 13.6. The zero-order chi connectivity index (χ0) is 18.7. The van der Waals surface area contributed by atoms with Crippen molar-refractivity contribution >= 4 is 23.4 Å². The van der Waals surface area contributed by atoms with Crippen LogP contribution in [0.1, 0.15) is 11.1 Å². The zero-order valence-corrected chi connectivity index (χ0v) is 14.8. The van der Waals surface area contributed by atoms with Gasteiger partial charge >= 0.3 is 0 Å². The molecule has 3 rings (SSSR count). The molecule has 2 aromatic carbocycles. The van der Waals surface area contributed by atoms with Crippen LogP contribution in [0.3, 0.4) is 0 Å². The lowest BCUT2D eigenvalue weighted by Crippen LogP contribution is -2.16. The van der Waals surface area contributed by atoms with Gasteiger partial charge in [0.15, 0.2) is 0 Å². The topological polar surface area (TPSA) is 72.7 Å². The molecule has 0 fully saturated rings. The molecule has 134 valence electrons. The average Bonchev–Trinajstić information content (AvgIpc) is 3.04. The van der Waals surface area contributed by atoms with Crippen molar-refractivity contribution in [2.45, 2.75) is 19.0 Å². The van der Waals surface area contributed by atoms with Gasteiger partial charge in [-0.25, -0.2) is 8.78 Å². The number of aryl methyl sites for hydroxylation is 2. The average molecular weight is 375 g/mol. The van der Waals surface area contributed by atoms with Crippen LogP contribution in [0, 0.1) is 25.5 Å². The van der Waals surface area contributed by atoms with Gasteiger partial charge in [0.25, 0.3) is 0 Å². The van der Waals surface area contributed by atoms with Crippen molar-refractivity contribution in [3.63, 3.8) is 0 Å². The Morgan fingerprint density at radius 1 is 1.12 bits per heavy atom. The summed E-state index contributed by atoms with van der Waals surface area (Å²) in [6.07, 6.45) is 0. The van der Waals surface area contributed by atoms with Crippen LogP contribution in [0.4, 0.5) is 14.5 Å². The number of anilines is 1. The number of benzene rings is 2. The second kappa shape index (κ2) is 7.61. The van der Waals surface area contributed by atoms with Crippen molar-refractivity contribution in [3.8, 4) is 5.69 Å². The predicted molar refractivity (Wildman–Crippen MR) is 94.3 cm³/mol. The number of amides is 1. The Morgan fingerprint density at radius 2 is 1.73 bits per heavy atom. The van der Waals surface area contributed by atoms with Crippen molar-refractivity contribution in [2.24, 2.45) is 0 Å². The highest BCUT2D eigenvalue weighted by Gasteiger charge is 2.16. The summed E-state index contributed by atoms with van der Waals surface area (Å²) in [7, 11) is 0. The standard InChI is InChI=1S/C17H15F2N5OS/c1-10-5-3-6-11(2)16(10)24-17(21-22-23-24)26-9-14(25)20-15-12(18)7-4-8-13(15)19/h3-8H,9H2,1-2H3,(H,20,25). The first-order chi connectivity index (χ1) is 12.5. The summed E-state index contributed by atoms with van der Waals surface area (Å²) in [5, 5.41) is 14.2. The van der Waals surface area contributed by atoms with Gasteiger partial charge in [0.05, 0.1) is 11.4 Å². The minimum atomic E-state index is -0.830. The van der Waals surface area contributed by atoms with E-state index in [0.29, 0.717) is 5.16 Å². The molecule has 0 bridgehead atoms. The summed E-state index contributed by atoms with van der Waals surface area (Å²) in [6, 6.07) is 9.19. The third kappa shape index (κ3) is 3.72. The van der Waals surface area contributed by atoms with E-state index in [1.807, 2.05) is 32.0 Å². The van der Waals surface area contributed by atoms with E-state index in [9.17, 15) is 13.6 Å². The summed E-state index contributed by atoms with van der Waals surface area (Å²) in [5.41, 5.74) is 2.34. The summed E-state index contributed by atoms with van der Waals surface area (Å²) in [5.74, 6) is -2.32. The van der Waals surface area contributed by atoms with Crippen LogP contribution in [0.2, 0.25) is 0 Å². The first-order valence-electron chi connectivity index (χ1n) is 7.69. The normalized spacial score (nSPS) is 10.8. The van der Waals surface area contributed by atoms with Crippen LogP contribution in [-0.4, -0.2) is 31.9 Å². The number of nitrogens with zero attached hydrogens (tertiary/aromatic N) is 4. The number of thioether (sulfide) groups is 1. The third-order valence-corrected chi connectivity index (χ3v) is 4.57. The van der Waals surface area contributed by atoms with E-state index >= 15 is 0 Å². The number of tetrazole rings is 1. The van der Waals surface area contributed by atoms with E-state index in [-0.39, 0.29) is 5.75 Å². The van der Waals surface area contributed by atoms with E-state index in [4.69, 9.17) is 0 Å². The lowest BCUT2D eigenvalue weighted by Gasteiger charge is -2.11. The van der Waals surface area contributed by atoms with Crippen LogP contribution < -0.4 is 5.32 Å². The van der Waals surface area contributed by atoms with Gasteiger partial charge < -0.3 is 5.32 Å². The van der Waals surface area contributed by atoms with Gasteiger partial charge in [-0.05, 0) is 47.5 Å². The first kappa shape index (κ1) is 18.0. The molecule has 9 heteroatoms. The molecule has 1 heterocycles. The van der Waals surface area contributed by atoms with Crippen LogP contribution >= 0.6 is 11.8 Å². The first-order valence-corrected chi connectivity index (χ1v) is 8.67. The molecule has 3 aromatic rings. The highest BCUT2D eigenvalue weighted by Crippen LogP contribution is 2.24. The van der Waals surface area contributed by atoms with Gasteiger partial charge in [0, 0.05) is 0 Å². The Bertz CT molecular complexity index is 920. The Balaban J connectivity index is 1.74. The number of hydrogen-bond donors (Lipinski definition) is 1. The van der Waals surface area contributed by atoms with Gasteiger partial charge in [-0.1, -0.05) is 36.0 Å². The number of carbonyl (C=O) groups excluding carboxylic acids is 1. The number of rotatable bonds is 5. The van der Waals surface area contributed by atoms with Gasteiger partial charge in [0.1, 0.15) is 17.3 Å². The van der Waals surface area contributed by atoms with Gasteiger partial charge in [-0.3, -0.25) is 4.79 Å². The molecule has 0 radical (unpaired) electrons. The van der Waals surface area contributed by atoms with Crippen LogP contribution in [-0.2, 0) is 4.79 Å². The number of nitrogens with one attached hydrogen (secondary N) is 1. The number of carbonyl (C=O) groups is 1. The maximum absolute atomic E-state index is 13.6. The molecule has 0 unspecified atom stereocenters. The third-order valence-electron chi connectivity index (χ3n) is 3.65. The Kier molecular flexibility index (Phi) is 5.27. The molecule has 0 aliphatic heterocycles. The van der Waals surface area contributed by atoms with Gasteiger partial charge in [-0.2, -0.15) is 4.68 Å². The Hall–Kier alpha value is -2.81. The molecular formula is C17H15F2N5OS.